The first-order valence-corrected chi connectivity index (χ1v) is 9.94. The van der Waals surface area contributed by atoms with Gasteiger partial charge in [0.15, 0.2) is 6.61 Å². The molecule has 0 aliphatic heterocycles. The molecule has 1 amide bonds. The summed E-state index contributed by atoms with van der Waals surface area (Å²) in [5.74, 6) is 0.281. The number of ether oxygens (including phenoxy) is 1. The summed E-state index contributed by atoms with van der Waals surface area (Å²) in [5.41, 5.74) is 2.53. The number of aliphatic hydroxyl groups excluding tert-OH is 2. The van der Waals surface area contributed by atoms with E-state index in [0.29, 0.717) is 27.8 Å². The first-order valence-electron chi connectivity index (χ1n) is 9.18. The molecule has 0 saturated heterocycles. The van der Waals surface area contributed by atoms with Gasteiger partial charge in [-0.25, -0.2) is 0 Å². The minimum Gasteiger partial charge on any atom is -0.508 e. The van der Waals surface area contributed by atoms with Gasteiger partial charge in [0.1, 0.15) is 11.5 Å². The van der Waals surface area contributed by atoms with Gasteiger partial charge in [0.25, 0.3) is 5.91 Å². The fourth-order valence-electron chi connectivity index (χ4n) is 2.78. The summed E-state index contributed by atoms with van der Waals surface area (Å²) in [4.78, 5) is 11.8. The molecule has 0 bridgehead atoms. The van der Waals surface area contributed by atoms with Gasteiger partial charge in [-0.1, -0.05) is 49.2 Å². The first-order chi connectivity index (χ1) is 13.7. The zero-order valence-electron chi connectivity index (χ0n) is 16.3. The summed E-state index contributed by atoms with van der Waals surface area (Å²) in [6.07, 6.45) is 0.479. The van der Waals surface area contributed by atoms with E-state index in [1.807, 2.05) is 26.0 Å². The number of hydrogen-bond acceptors (Lipinski definition) is 5. The van der Waals surface area contributed by atoms with Crippen LogP contribution in [0.15, 0.2) is 30.3 Å². The van der Waals surface area contributed by atoms with Gasteiger partial charge in [-0.3, -0.25) is 4.79 Å². The maximum atomic E-state index is 11.8. The van der Waals surface area contributed by atoms with Crippen molar-refractivity contribution in [2.24, 2.45) is 0 Å². The number of phenolic OH excluding ortho intramolecular Hbond substituents is 1. The standard InChI is InChI=1S/C21H25Cl2NO5/c1-12(2)16-5-13(3-4-20(16)27)6-17-18(22)7-15(8-19(17)23)29-11-21(28)24-14(9-25)10-26/h3-5,7-8,12,14,25-27H,6,9-11H2,1-2H3,(H,24,28). The molecule has 2 rings (SSSR count). The summed E-state index contributed by atoms with van der Waals surface area (Å²) in [6.45, 7) is 2.96. The number of rotatable bonds is 9. The lowest BCUT2D eigenvalue weighted by Gasteiger charge is -2.15. The Kier molecular flexibility index (Phi) is 8.59. The van der Waals surface area contributed by atoms with Crippen LogP contribution in [0.2, 0.25) is 10.0 Å². The minimum atomic E-state index is -0.735. The van der Waals surface area contributed by atoms with E-state index in [1.54, 1.807) is 18.2 Å². The Morgan fingerprint density at radius 3 is 2.28 bits per heavy atom. The van der Waals surface area contributed by atoms with Crippen molar-refractivity contribution in [3.8, 4) is 11.5 Å². The normalized spacial score (nSPS) is 11.2. The topological polar surface area (TPSA) is 99.0 Å². The molecule has 0 aromatic heterocycles. The average Bonchev–Trinajstić information content (AvgIpc) is 2.68. The number of benzene rings is 2. The molecule has 0 unspecified atom stereocenters. The van der Waals surface area contributed by atoms with E-state index in [2.05, 4.69) is 5.32 Å². The third-order valence-electron chi connectivity index (χ3n) is 4.39. The fraction of sp³-hybridized carbons (Fsp3) is 0.381. The van der Waals surface area contributed by atoms with Crippen LogP contribution in [-0.2, 0) is 11.2 Å². The number of aliphatic hydroxyl groups is 2. The minimum absolute atomic E-state index is 0.180. The van der Waals surface area contributed by atoms with Gasteiger partial charge in [0.05, 0.1) is 19.3 Å². The summed E-state index contributed by atoms with van der Waals surface area (Å²) in [7, 11) is 0. The quantitative estimate of drug-likeness (QED) is 0.478. The van der Waals surface area contributed by atoms with Crippen LogP contribution < -0.4 is 10.1 Å². The molecule has 4 N–H and O–H groups in total. The van der Waals surface area contributed by atoms with Gasteiger partial charge in [-0.15, -0.1) is 0 Å². The molecule has 29 heavy (non-hydrogen) atoms. The molecule has 8 heteroatoms. The van der Waals surface area contributed by atoms with E-state index in [4.69, 9.17) is 38.2 Å². The molecule has 2 aromatic carbocycles. The van der Waals surface area contributed by atoms with Crippen LogP contribution in [0.25, 0.3) is 0 Å². The molecule has 0 saturated carbocycles. The third-order valence-corrected chi connectivity index (χ3v) is 5.06. The largest absolute Gasteiger partial charge is 0.508 e. The van der Waals surface area contributed by atoms with Crippen molar-refractivity contribution < 1.29 is 24.9 Å². The molecule has 6 nitrogen and oxygen atoms in total. The number of carbonyl (C=O) groups is 1. The molecule has 0 heterocycles. The van der Waals surface area contributed by atoms with E-state index >= 15 is 0 Å². The summed E-state index contributed by atoms with van der Waals surface area (Å²) < 4.78 is 5.41. The molecule has 2 aromatic rings. The highest BCUT2D eigenvalue weighted by Gasteiger charge is 2.14. The molecule has 158 valence electrons. The number of halogens is 2. The molecule has 0 aliphatic rings. The van der Waals surface area contributed by atoms with E-state index < -0.39 is 11.9 Å². The van der Waals surface area contributed by atoms with Gasteiger partial charge in [-0.2, -0.15) is 0 Å². The smallest absolute Gasteiger partial charge is 0.258 e. The Labute approximate surface area is 180 Å². The van der Waals surface area contributed by atoms with Crippen LogP contribution in [0.5, 0.6) is 11.5 Å². The number of phenols is 1. The zero-order valence-corrected chi connectivity index (χ0v) is 17.8. The predicted octanol–water partition coefficient (Wildman–Crippen LogP) is 3.26. The Balaban J connectivity index is 2.10. The van der Waals surface area contributed by atoms with E-state index in [1.165, 1.54) is 0 Å². The lowest BCUT2D eigenvalue weighted by atomic mass is 9.96. The summed E-state index contributed by atoms with van der Waals surface area (Å²) >= 11 is 12.8. The monoisotopic (exact) mass is 441 g/mol. The summed E-state index contributed by atoms with van der Waals surface area (Å²) in [5, 5.41) is 31.2. The van der Waals surface area contributed by atoms with Crippen molar-refractivity contribution >= 4 is 29.1 Å². The highest BCUT2D eigenvalue weighted by molar-refractivity contribution is 6.36. The number of nitrogens with one attached hydrogen (secondary N) is 1. The van der Waals surface area contributed by atoms with E-state index in [9.17, 15) is 9.90 Å². The Bertz CT molecular complexity index is 830. The second-order valence-corrected chi connectivity index (χ2v) is 7.82. The SMILES string of the molecule is CC(C)c1cc(Cc2c(Cl)cc(OCC(=O)NC(CO)CO)cc2Cl)ccc1O. The van der Waals surface area contributed by atoms with Crippen molar-refractivity contribution in [2.75, 3.05) is 19.8 Å². The van der Waals surface area contributed by atoms with Crippen molar-refractivity contribution in [1.29, 1.82) is 0 Å². The molecule has 0 atom stereocenters. The predicted molar refractivity (Wildman–Crippen MR) is 113 cm³/mol. The molecule has 0 fully saturated rings. The van der Waals surface area contributed by atoms with Crippen LogP contribution in [0.1, 0.15) is 36.5 Å². The van der Waals surface area contributed by atoms with Gasteiger partial charge in [-0.05, 0) is 40.8 Å². The molecule has 0 spiro atoms. The highest BCUT2D eigenvalue weighted by Crippen LogP contribution is 2.33. The highest BCUT2D eigenvalue weighted by atomic mass is 35.5. The maximum absolute atomic E-state index is 11.8. The van der Waals surface area contributed by atoms with E-state index in [0.717, 1.165) is 11.1 Å². The lowest BCUT2D eigenvalue weighted by molar-refractivity contribution is -0.124. The second-order valence-electron chi connectivity index (χ2n) is 7.01. The fourth-order valence-corrected chi connectivity index (χ4v) is 3.38. The van der Waals surface area contributed by atoms with Crippen LogP contribution in [0.3, 0.4) is 0 Å². The number of aromatic hydroxyl groups is 1. The second kappa shape index (κ2) is 10.7. The molecular weight excluding hydrogens is 417 g/mol. The molecule has 0 aliphatic carbocycles. The molecule has 0 radical (unpaired) electrons. The third kappa shape index (κ3) is 6.51. The van der Waals surface area contributed by atoms with Gasteiger partial charge < -0.3 is 25.4 Å². The average molecular weight is 442 g/mol. The van der Waals surface area contributed by atoms with Crippen molar-refractivity contribution in [3.63, 3.8) is 0 Å². The van der Waals surface area contributed by atoms with Crippen LogP contribution in [0, 0.1) is 0 Å². The Morgan fingerprint density at radius 1 is 1.10 bits per heavy atom. The number of hydrogen-bond donors (Lipinski definition) is 4. The summed E-state index contributed by atoms with van der Waals surface area (Å²) in [6, 6.07) is 7.84. The number of amides is 1. The van der Waals surface area contributed by atoms with Crippen molar-refractivity contribution in [2.45, 2.75) is 32.2 Å². The maximum Gasteiger partial charge on any atom is 0.258 e. The first kappa shape index (κ1) is 23.3. The van der Waals surface area contributed by atoms with Crippen LogP contribution in [0.4, 0.5) is 0 Å². The molecular formula is C21H25Cl2NO5. The van der Waals surface area contributed by atoms with Gasteiger partial charge >= 0.3 is 0 Å². The zero-order chi connectivity index (χ0) is 21.6. The van der Waals surface area contributed by atoms with E-state index in [-0.39, 0.29) is 31.5 Å². The van der Waals surface area contributed by atoms with Gasteiger partial charge in [0, 0.05) is 16.5 Å². The van der Waals surface area contributed by atoms with Crippen LogP contribution >= 0.6 is 23.2 Å². The van der Waals surface area contributed by atoms with Crippen molar-refractivity contribution in [3.05, 3.63) is 57.1 Å². The Morgan fingerprint density at radius 2 is 1.72 bits per heavy atom. The van der Waals surface area contributed by atoms with Crippen molar-refractivity contribution in [1.82, 2.24) is 5.32 Å². The lowest BCUT2D eigenvalue weighted by Crippen LogP contribution is -2.42. The van der Waals surface area contributed by atoms with Gasteiger partial charge in [0.2, 0.25) is 0 Å². The number of carbonyl (C=O) groups excluding carboxylic acids is 1. The Hall–Kier alpha value is -1.99. The van der Waals surface area contributed by atoms with Crippen LogP contribution in [-0.4, -0.2) is 47.1 Å².